The van der Waals surface area contributed by atoms with Crippen molar-refractivity contribution in [1.29, 1.82) is 0 Å². The third-order valence-electron chi connectivity index (χ3n) is 3.37. The van der Waals surface area contributed by atoms with E-state index in [4.69, 9.17) is 9.47 Å². The van der Waals surface area contributed by atoms with E-state index in [1.807, 2.05) is 51.1 Å². The second kappa shape index (κ2) is 12.0. The number of unbranched alkanes of at least 4 members (excludes halogenated alkanes) is 1. The van der Waals surface area contributed by atoms with Gasteiger partial charge in [0.15, 0.2) is 0 Å². The molecule has 0 bridgehead atoms. The monoisotopic (exact) mass is 476 g/mol. The van der Waals surface area contributed by atoms with Crippen LogP contribution in [0.5, 0.6) is 0 Å². The molecule has 0 aromatic heterocycles. The van der Waals surface area contributed by atoms with Crippen molar-refractivity contribution in [1.82, 2.24) is 10.6 Å². The van der Waals surface area contributed by atoms with E-state index >= 15 is 0 Å². The van der Waals surface area contributed by atoms with Gasteiger partial charge in [0.25, 0.3) is 0 Å². The highest BCUT2D eigenvalue weighted by Crippen LogP contribution is 2.08. The van der Waals surface area contributed by atoms with Crippen molar-refractivity contribution in [2.75, 3.05) is 11.0 Å². The summed E-state index contributed by atoms with van der Waals surface area (Å²) in [4.78, 5) is 23.4. The Morgan fingerprint density at radius 1 is 1.12 bits per heavy atom. The van der Waals surface area contributed by atoms with Crippen molar-refractivity contribution < 1.29 is 19.1 Å². The van der Waals surface area contributed by atoms with E-state index in [0.717, 1.165) is 29.3 Å². The van der Waals surface area contributed by atoms with Crippen molar-refractivity contribution in [2.24, 2.45) is 0 Å². The molecule has 0 aliphatic heterocycles. The normalized spacial score (nSPS) is 12.2. The number of rotatable bonds is 9. The summed E-state index contributed by atoms with van der Waals surface area (Å²) < 4.78 is 11.2. The molecule has 0 radical (unpaired) electrons. The molecule has 0 saturated carbocycles. The van der Waals surface area contributed by atoms with Crippen LogP contribution < -0.4 is 10.6 Å². The number of amides is 2. The Morgan fingerprint density at radius 3 is 2.42 bits per heavy atom. The highest BCUT2D eigenvalue weighted by atomic mass is 127. The van der Waals surface area contributed by atoms with Gasteiger partial charge in [-0.1, -0.05) is 52.9 Å². The number of alkyl carbamates (subject to hydrolysis) is 2. The van der Waals surface area contributed by atoms with Crippen LogP contribution in [0, 0.1) is 0 Å². The van der Waals surface area contributed by atoms with Crippen LogP contribution in [0.2, 0.25) is 0 Å². The molecular weight excluding hydrogens is 447 g/mol. The number of carbonyl (C=O) groups excluding carboxylic acids is 2. The molecule has 2 N–H and O–H groups in total. The maximum atomic E-state index is 11.9. The van der Waals surface area contributed by atoms with Gasteiger partial charge in [0.2, 0.25) is 0 Å². The second-order valence-electron chi connectivity index (χ2n) is 6.98. The summed E-state index contributed by atoms with van der Waals surface area (Å²) in [6, 6.07) is 9.64. The van der Waals surface area contributed by atoms with Crippen LogP contribution in [0.4, 0.5) is 9.59 Å². The summed E-state index contributed by atoms with van der Waals surface area (Å²) >= 11 is 2.25. The van der Waals surface area contributed by atoms with Gasteiger partial charge in [0, 0.05) is 17.0 Å². The van der Waals surface area contributed by atoms with Crippen LogP contribution in [-0.4, -0.2) is 34.8 Å². The van der Waals surface area contributed by atoms with Gasteiger partial charge in [-0.3, -0.25) is 0 Å². The number of hydrogen-bond donors (Lipinski definition) is 2. The van der Waals surface area contributed by atoms with Gasteiger partial charge < -0.3 is 20.1 Å². The lowest BCUT2D eigenvalue weighted by Crippen LogP contribution is -2.36. The number of carbonyl (C=O) groups is 2. The van der Waals surface area contributed by atoms with Crippen LogP contribution >= 0.6 is 22.6 Å². The Labute approximate surface area is 169 Å². The number of ether oxygens (including phenoxy) is 2. The largest absolute Gasteiger partial charge is 0.445 e. The van der Waals surface area contributed by atoms with Gasteiger partial charge in [-0.2, -0.15) is 0 Å². The van der Waals surface area contributed by atoms with Gasteiger partial charge >= 0.3 is 12.2 Å². The number of hydrogen-bond acceptors (Lipinski definition) is 4. The zero-order valence-corrected chi connectivity index (χ0v) is 17.9. The Hall–Kier alpha value is -1.51. The predicted octanol–water partition coefficient (Wildman–Crippen LogP) is 4.41. The van der Waals surface area contributed by atoms with Gasteiger partial charge in [-0.05, 0) is 45.6 Å². The maximum absolute atomic E-state index is 11.9. The third kappa shape index (κ3) is 11.2. The Bertz CT molecular complexity index is 546. The Balaban J connectivity index is 2.16. The number of nitrogens with one attached hydrogen (secondary N) is 2. The smallest absolute Gasteiger partial charge is 0.407 e. The van der Waals surface area contributed by atoms with E-state index in [9.17, 15) is 9.59 Å². The van der Waals surface area contributed by atoms with E-state index in [1.54, 1.807) is 0 Å². The van der Waals surface area contributed by atoms with Crippen molar-refractivity contribution in [2.45, 2.75) is 58.3 Å². The molecule has 0 unspecified atom stereocenters. The van der Waals surface area contributed by atoms with Crippen LogP contribution in [0.1, 0.15) is 45.6 Å². The first-order valence-corrected chi connectivity index (χ1v) is 10.3. The van der Waals surface area contributed by atoms with Crippen molar-refractivity contribution >= 4 is 34.8 Å². The molecule has 1 rings (SSSR count). The van der Waals surface area contributed by atoms with Gasteiger partial charge in [-0.25, -0.2) is 9.59 Å². The van der Waals surface area contributed by atoms with Crippen molar-refractivity contribution in [3.63, 3.8) is 0 Å². The molecule has 6 nitrogen and oxygen atoms in total. The molecule has 1 aromatic rings. The molecule has 0 heterocycles. The van der Waals surface area contributed by atoms with Crippen LogP contribution in [0.25, 0.3) is 0 Å². The lowest BCUT2D eigenvalue weighted by atomic mass is 10.1. The molecular formula is C19H29IN2O4. The fourth-order valence-corrected chi connectivity index (χ4v) is 2.80. The minimum absolute atomic E-state index is 0.0559. The second-order valence-corrected chi connectivity index (χ2v) is 7.86. The van der Waals surface area contributed by atoms with E-state index in [1.165, 1.54) is 0 Å². The van der Waals surface area contributed by atoms with Gasteiger partial charge in [0.05, 0.1) is 0 Å². The van der Waals surface area contributed by atoms with Crippen LogP contribution in [0.15, 0.2) is 30.3 Å². The van der Waals surface area contributed by atoms with Crippen LogP contribution in [-0.2, 0) is 16.1 Å². The molecule has 7 heteroatoms. The average molecular weight is 476 g/mol. The number of alkyl halides is 1. The molecule has 0 saturated heterocycles. The molecule has 0 aliphatic carbocycles. The van der Waals surface area contributed by atoms with Crippen molar-refractivity contribution in [3.05, 3.63) is 35.9 Å². The first kappa shape index (κ1) is 22.5. The summed E-state index contributed by atoms with van der Waals surface area (Å²) in [5.41, 5.74) is 0.474. The molecule has 0 spiro atoms. The van der Waals surface area contributed by atoms with Gasteiger partial charge in [-0.15, -0.1) is 0 Å². The van der Waals surface area contributed by atoms with Crippen LogP contribution in [0.3, 0.4) is 0 Å². The van der Waals surface area contributed by atoms with Gasteiger partial charge in [0.1, 0.15) is 12.2 Å². The molecule has 1 aromatic carbocycles. The number of halogens is 1. The SMILES string of the molecule is CC(C)(C)OC(=O)NCCCC[C@@H](CI)NC(=O)OCc1ccccc1. The highest BCUT2D eigenvalue weighted by molar-refractivity contribution is 14.1. The summed E-state index contributed by atoms with van der Waals surface area (Å²) in [6.07, 6.45) is 1.75. The lowest BCUT2D eigenvalue weighted by molar-refractivity contribution is 0.0527. The molecule has 2 amide bonds. The first-order chi connectivity index (χ1) is 12.3. The van der Waals surface area contributed by atoms with E-state index in [-0.39, 0.29) is 12.6 Å². The molecule has 0 fully saturated rings. The maximum Gasteiger partial charge on any atom is 0.407 e. The topological polar surface area (TPSA) is 76.7 Å². The summed E-state index contributed by atoms with van der Waals surface area (Å²) in [5, 5.41) is 5.62. The minimum atomic E-state index is -0.486. The first-order valence-electron chi connectivity index (χ1n) is 8.80. The Morgan fingerprint density at radius 2 is 1.81 bits per heavy atom. The minimum Gasteiger partial charge on any atom is -0.445 e. The molecule has 146 valence electrons. The fraction of sp³-hybridized carbons (Fsp3) is 0.579. The fourth-order valence-electron chi connectivity index (χ4n) is 2.14. The average Bonchev–Trinajstić information content (AvgIpc) is 2.58. The summed E-state index contributed by atoms with van der Waals surface area (Å²) in [5.74, 6) is 0. The molecule has 1 atom stereocenters. The Kier molecular flexibility index (Phi) is 10.4. The third-order valence-corrected chi connectivity index (χ3v) is 4.43. The predicted molar refractivity (Wildman–Crippen MR) is 111 cm³/mol. The van der Waals surface area contributed by atoms with E-state index < -0.39 is 17.8 Å². The zero-order chi connectivity index (χ0) is 19.4. The van der Waals surface area contributed by atoms with E-state index in [0.29, 0.717) is 6.54 Å². The summed E-state index contributed by atoms with van der Waals surface area (Å²) in [7, 11) is 0. The molecule has 26 heavy (non-hydrogen) atoms. The highest BCUT2D eigenvalue weighted by Gasteiger charge is 2.16. The number of benzene rings is 1. The quantitative estimate of drug-likeness (QED) is 0.315. The standard InChI is InChI=1S/C19H29IN2O4/c1-19(2,3)26-17(23)21-12-8-7-11-16(13-20)22-18(24)25-14-15-9-5-4-6-10-15/h4-6,9-10,16H,7-8,11-14H2,1-3H3,(H,21,23)(H,22,24)/t16-/m0/s1. The van der Waals surface area contributed by atoms with Crippen molar-refractivity contribution in [3.8, 4) is 0 Å². The van der Waals surface area contributed by atoms with E-state index in [2.05, 4.69) is 33.2 Å². The molecule has 0 aliphatic rings. The zero-order valence-electron chi connectivity index (χ0n) is 15.7. The lowest BCUT2D eigenvalue weighted by Gasteiger charge is -2.20. The summed E-state index contributed by atoms with van der Waals surface area (Å²) in [6.45, 7) is 6.32.